The Bertz CT molecular complexity index is 1430. The molecular formula is C40H48N2. The van der Waals surface area contributed by atoms with E-state index in [0.717, 1.165) is 40.8 Å². The molecule has 3 aromatic carbocycles. The molecule has 1 saturated heterocycles. The zero-order valence-corrected chi connectivity index (χ0v) is 26.2. The number of likely N-dealkylation sites (tertiary alicyclic amines) is 1. The summed E-state index contributed by atoms with van der Waals surface area (Å²) in [4.78, 5) is 2.84. The maximum Gasteiger partial charge on any atom is 0.0991 e. The van der Waals surface area contributed by atoms with Crippen molar-refractivity contribution < 1.29 is 0 Å². The number of nitrogens with zero attached hydrogens (tertiary/aromatic N) is 2. The Labute approximate surface area is 254 Å². The van der Waals surface area contributed by atoms with Crippen LogP contribution in [-0.2, 0) is 5.41 Å². The number of benzene rings is 3. The average Bonchev–Trinajstić information content (AvgIpc) is 3.88. The molecule has 0 N–H and O–H groups in total. The molecule has 4 atom stereocenters. The number of nitriles is 1. The lowest BCUT2D eigenvalue weighted by Gasteiger charge is -2.43. The van der Waals surface area contributed by atoms with Crippen molar-refractivity contribution in [2.75, 3.05) is 13.1 Å². The fraction of sp³-hybridized carbons (Fsp3) is 0.425. The Hall–Kier alpha value is -3.41. The second kappa shape index (κ2) is 12.4. The van der Waals surface area contributed by atoms with Gasteiger partial charge < -0.3 is 4.90 Å². The molecule has 0 aromatic heterocycles. The standard InChI is InChI=1S/C26H28N2.C8H10.C6H10/c1-25(9-11-28(12-10-25)24-14-22-15-26(22)16-23(24)26)21-7-5-19(6-8-21)20-4-2-3-18(13-20)17-27;1-7-4-3-5-8(2)6-7;1-4-5-6(2)3/h2-8,13,22-24H,9-12,14-16H2,1H3;3-6H,1-2H3;4H,1-2,5H2,3H3/t22-,23-,24?,26?;;/m1../s1. The maximum absolute atomic E-state index is 9.14. The van der Waals surface area contributed by atoms with E-state index < -0.39 is 0 Å². The number of hydrogen-bond donors (Lipinski definition) is 0. The van der Waals surface area contributed by atoms with Crippen molar-refractivity contribution >= 4 is 0 Å². The van der Waals surface area contributed by atoms with E-state index in [4.69, 9.17) is 5.26 Å². The van der Waals surface area contributed by atoms with Crippen molar-refractivity contribution in [1.82, 2.24) is 4.90 Å². The summed E-state index contributed by atoms with van der Waals surface area (Å²) < 4.78 is 0. The second-order valence-corrected chi connectivity index (χ2v) is 13.7. The van der Waals surface area contributed by atoms with Gasteiger partial charge in [0.15, 0.2) is 0 Å². The minimum Gasteiger partial charge on any atom is -0.300 e. The van der Waals surface area contributed by atoms with Gasteiger partial charge in [-0.2, -0.15) is 5.26 Å². The van der Waals surface area contributed by atoms with Gasteiger partial charge in [-0.15, -0.1) is 6.58 Å². The molecule has 3 aliphatic carbocycles. The van der Waals surface area contributed by atoms with E-state index >= 15 is 0 Å². The Morgan fingerprint density at radius 2 is 1.62 bits per heavy atom. The predicted octanol–water partition coefficient (Wildman–Crippen LogP) is 9.82. The molecule has 2 heteroatoms. The summed E-state index contributed by atoms with van der Waals surface area (Å²) in [7, 11) is 0. The third-order valence-corrected chi connectivity index (χ3v) is 10.4. The van der Waals surface area contributed by atoms with Crippen LogP contribution in [0.1, 0.15) is 74.6 Å². The van der Waals surface area contributed by atoms with Gasteiger partial charge >= 0.3 is 0 Å². The van der Waals surface area contributed by atoms with E-state index in [-0.39, 0.29) is 0 Å². The van der Waals surface area contributed by atoms with Gasteiger partial charge in [0.25, 0.3) is 0 Å². The van der Waals surface area contributed by atoms with Crippen LogP contribution < -0.4 is 0 Å². The van der Waals surface area contributed by atoms with Crippen LogP contribution in [0.3, 0.4) is 0 Å². The van der Waals surface area contributed by atoms with E-state index in [0.29, 0.717) is 5.41 Å². The number of hydrogen-bond acceptors (Lipinski definition) is 2. The molecule has 218 valence electrons. The molecule has 7 rings (SSSR count). The molecule has 0 amide bonds. The van der Waals surface area contributed by atoms with E-state index in [9.17, 15) is 0 Å². The van der Waals surface area contributed by atoms with E-state index in [2.05, 4.69) is 99.5 Å². The van der Waals surface area contributed by atoms with Gasteiger partial charge in [-0.25, -0.2) is 0 Å². The Balaban J connectivity index is 0.000000209. The van der Waals surface area contributed by atoms with Gasteiger partial charge in [0.2, 0.25) is 0 Å². The highest BCUT2D eigenvalue weighted by molar-refractivity contribution is 5.65. The molecule has 0 radical (unpaired) electrons. The minimum atomic E-state index is 0.298. The molecule has 2 nitrogen and oxygen atoms in total. The SMILES string of the molecule is C=CCC(=C)C.CC1(c2ccc(-c3cccc(C#N)c3)cc2)CCN(C2C[C@@H]3CC34C[C@H]24)CC1.Cc1cccc(C)c1. The van der Waals surface area contributed by atoms with E-state index in [1.807, 2.05) is 31.2 Å². The van der Waals surface area contributed by atoms with Crippen molar-refractivity contribution in [3.63, 3.8) is 0 Å². The van der Waals surface area contributed by atoms with Crippen molar-refractivity contribution in [2.24, 2.45) is 17.3 Å². The Morgan fingerprint density at radius 1 is 0.952 bits per heavy atom. The third-order valence-electron chi connectivity index (χ3n) is 10.4. The number of allylic oxidation sites excluding steroid dienone is 2. The molecular weight excluding hydrogens is 508 g/mol. The van der Waals surface area contributed by atoms with E-state index in [1.165, 1.54) is 60.2 Å². The monoisotopic (exact) mass is 556 g/mol. The number of aryl methyl sites for hydroxylation is 2. The fourth-order valence-corrected chi connectivity index (χ4v) is 7.68. The molecule has 3 saturated carbocycles. The number of piperidine rings is 1. The van der Waals surface area contributed by atoms with Crippen molar-refractivity contribution in [2.45, 2.75) is 77.7 Å². The molecule has 4 aliphatic rings. The van der Waals surface area contributed by atoms with Crippen LogP contribution in [0.5, 0.6) is 0 Å². The molecule has 4 fully saturated rings. The maximum atomic E-state index is 9.14. The van der Waals surface area contributed by atoms with Crippen LogP contribution in [0.25, 0.3) is 11.1 Å². The molecule has 1 heterocycles. The summed E-state index contributed by atoms with van der Waals surface area (Å²) in [5.74, 6) is 2.16. The predicted molar refractivity (Wildman–Crippen MR) is 177 cm³/mol. The fourth-order valence-electron chi connectivity index (χ4n) is 7.68. The second-order valence-electron chi connectivity index (χ2n) is 13.7. The summed E-state index contributed by atoms with van der Waals surface area (Å²) in [6.07, 6.45) is 9.95. The highest BCUT2D eigenvalue weighted by Gasteiger charge is 2.77. The zero-order chi connectivity index (χ0) is 29.9. The lowest BCUT2D eigenvalue weighted by atomic mass is 9.74. The van der Waals surface area contributed by atoms with Gasteiger partial charge in [0.05, 0.1) is 11.6 Å². The largest absolute Gasteiger partial charge is 0.300 e. The summed E-state index contributed by atoms with van der Waals surface area (Å²) >= 11 is 0. The Kier molecular flexibility index (Phi) is 8.91. The molecule has 42 heavy (non-hydrogen) atoms. The molecule has 2 unspecified atom stereocenters. The summed E-state index contributed by atoms with van der Waals surface area (Å²) in [6, 6.07) is 28.6. The summed E-state index contributed by atoms with van der Waals surface area (Å²) in [5, 5.41) is 9.14. The first-order valence-corrected chi connectivity index (χ1v) is 15.8. The van der Waals surface area contributed by atoms with Crippen LogP contribution in [0.4, 0.5) is 0 Å². The normalized spacial score (nSPS) is 26.1. The van der Waals surface area contributed by atoms with Gasteiger partial charge in [-0.05, 0) is 124 Å². The topological polar surface area (TPSA) is 27.0 Å². The van der Waals surface area contributed by atoms with Crippen molar-refractivity contribution in [3.05, 3.63) is 120 Å². The van der Waals surface area contributed by atoms with Crippen molar-refractivity contribution in [1.29, 1.82) is 5.26 Å². The minimum absolute atomic E-state index is 0.298. The lowest BCUT2D eigenvalue weighted by Crippen LogP contribution is -2.46. The van der Waals surface area contributed by atoms with Crippen LogP contribution in [0.15, 0.2) is 97.6 Å². The molecule has 0 bridgehead atoms. The number of rotatable bonds is 5. The zero-order valence-electron chi connectivity index (χ0n) is 26.2. The highest BCUT2D eigenvalue weighted by Crippen LogP contribution is 2.82. The molecule has 1 aliphatic heterocycles. The highest BCUT2D eigenvalue weighted by atomic mass is 15.2. The first-order valence-electron chi connectivity index (χ1n) is 15.8. The van der Waals surface area contributed by atoms with Crippen LogP contribution >= 0.6 is 0 Å². The van der Waals surface area contributed by atoms with Gasteiger partial charge in [0, 0.05) is 6.04 Å². The quantitative estimate of drug-likeness (QED) is 0.292. The molecule has 3 aromatic rings. The summed E-state index contributed by atoms with van der Waals surface area (Å²) in [6.45, 7) is 18.4. The van der Waals surface area contributed by atoms with Crippen LogP contribution in [0.2, 0.25) is 0 Å². The van der Waals surface area contributed by atoms with Gasteiger partial charge in [-0.3, -0.25) is 0 Å². The van der Waals surface area contributed by atoms with Crippen LogP contribution in [0, 0.1) is 42.4 Å². The third kappa shape index (κ3) is 6.63. The first kappa shape index (κ1) is 30.1. The summed E-state index contributed by atoms with van der Waals surface area (Å²) in [5.41, 5.74) is 9.54. The van der Waals surface area contributed by atoms with E-state index in [1.54, 1.807) is 12.8 Å². The van der Waals surface area contributed by atoms with Gasteiger partial charge in [-0.1, -0.05) is 96.9 Å². The van der Waals surface area contributed by atoms with Crippen molar-refractivity contribution in [3.8, 4) is 17.2 Å². The Morgan fingerprint density at radius 3 is 2.10 bits per heavy atom. The lowest BCUT2D eigenvalue weighted by molar-refractivity contribution is 0.106. The van der Waals surface area contributed by atoms with Crippen LogP contribution in [-0.4, -0.2) is 24.0 Å². The first-order chi connectivity index (χ1) is 20.2. The van der Waals surface area contributed by atoms with Gasteiger partial charge in [0.1, 0.15) is 0 Å². The molecule has 1 spiro atoms. The smallest absolute Gasteiger partial charge is 0.0991 e. The average molecular weight is 557 g/mol.